The van der Waals surface area contributed by atoms with Gasteiger partial charge in [-0.3, -0.25) is 9.59 Å². The minimum Gasteiger partial charge on any atom is -0.326 e. The highest BCUT2D eigenvalue weighted by Gasteiger charge is 2.56. The fourth-order valence-corrected chi connectivity index (χ4v) is 5.41. The van der Waals surface area contributed by atoms with Gasteiger partial charge in [0.25, 0.3) is 0 Å². The maximum absolute atomic E-state index is 15.0. The van der Waals surface area contributed by atoms with E-state index in [2.05, 4.69) is 30.9 Å². The molecule has 0 bridgehead atoms. The predicted molar refractivity (Wildman–Crippen MR) is 166 cm³/mol. The number of carbonyl (C=O) groups excluding carboxylic acids is 2. The molecule has 0 saturated heterocycles. The van der Waals surface area contributed by atoms with Crippen LogP contribution in [0.1, 0.15) is 44.1 Å². The van der Waals surface area contributed by atoms with Crippen molar-refractivity contribution in [2.24, 2.45) is 5.41 Å². The zero-order valence-electron chi connectivity index (χ0n) is 25.3. The van der Waals surface area contributed by atoms with Gasteiger partial charge >= 0.3 is 6.18 Å². The lowest BCUT2D eigenvalue weighted by atomic mass is 10.0. The molecule has 1 aliphatic rings. The van der Waals surface area contributed by atoms with Gasteiger partial charge in [-0.2, -0.15) is 13.2 Å². The van der Waals surface area contributed by atoms with E-state index in [1.807, 2.05) is 18.4 Å². The molecule has 2 aromatic heterocycles. The fraction of sp³-hybridized carbons (Fsp3) is 0.242. The normalized spacial score (nSPS) is 13.9. The highest BCUT2D eigenvalue weighted by Crippen LogP contribution is 2.47. The first-order valence-electron chi connectivity index (χ1n) is 14.6. The molecule has 0 radical (unpaired) electrons. The predicted octanol–water partition coefficient (Wildman–Crippen LogP) is 7.78. The number of imidazole rings is 1. The first-order chi connectivity index (χ1) is 22.2. The number of hydrogen-bond acceptors (Lipinski definition) is 6. The molecular weight excluding hydrogens is 621 g/mol. The van der Waals surface area contributed by atoms with E-state index in [-0.39, 0.29) is 47.3 Å². The van der Waals surface area contributed by atoms with Gasteiger partial charge < -0.3 is 20.5 Å². The molecule has 3 aromatic carbocycles. The monoisotopic (exact) mass is 649 g/mol. The second kappa shape index (κ2) is 11.8. The SMILES string of the molecule is Cc1nc2c(F)cc(-c3nc(Nc4ccc(NC(=O)C5(C(=O)Nc6cccc(C(F)(F)F)c6)CC5)cc4)ncc3F)cc2n1C(C)C. The molecule has 0 spiro atoms. The molecule has 0 unspecified atom stereocenters. The van der Waals surface area contributed by atoms with Gasteiger partial charge in [0.2, 0.25) is 17.8 Å². The summed E-state index contributed by atoms with van der Waals surface area (Å²) in [7, 11) is 0. The number of halogens is 5. The summed E-state index contributed by atoms with van der Waals surface area (Å²) >= 11 is 0. The molecule has 1 saturated carbocycles. The maximum Gasteiger partial charge on any atom is 0.416 e. The van der Waals surface area contributed by atoms with E-state index in [1.165, 1.54) is 18.2 Å². The van der Waals surface area contributed by atoms with Crippen LogP contribution in [0.25, 0.3) is 22.3 Å². The van der Waals surface area contributed by atoms with Crippen LogP contribution < -0.4 is 16.0 Å². The molecule has 14 heteroatoms. The first kappa shape index (κ1) is 31.6. The number of aryl methyl sites for hydroxylation is 1. The number of amides is 2. The van der Waals surface area contributed by atoms with Crippen molar-refractivity contribution < 1.29 is 31.5 Å². The van der Waals surface area contributed by atoms with Crippen LogP contribution in [0, 0.1) is 24.0 Å². The van der Waals surface area contributed by atoms with E-state index < -0.39 is 40.6 Å². The number of hydrogen-bond donors (Lipinski definition) is 3. The molecule has 3 N–H and O–H groups in total. The number of rotatable bonds is 8. The highest BCUT2D eigenvalue weighted by molar-refractivity contribution is 6.17. The first-order valence-corrected chi connectivity index (χ1v) is 14.6. The summed E-state index contributed by atoms with van der Waals surface area (Å²) in [6, 6.07) is 13.3. The number of fused-ring (bicyclic) bond motifs is 1. The van der Waals surface area contributed by atoms with Crippen LogP contribution in [0.5, 0.6) is 0 Å². The Morgan fingerprint density at radius 1 is 0.872 bits per heavy atom. The van der Waals surface area contributed by atoms with Crippen molar-refractivity contribution in [3.8, 4) is 11.3 Å². The topological polar surface area (TPSA) is 114 Å². The lowest BCUT2D eigenvalue weighted by molar-refractivity contribution is -0.137. The van der Waals surface area contributed by atoms with Crippen LogP contribution in [0.15, 0.2) is 66.9 Å². The van der Waals surface area contributed by atoms with Gasteiger partial charge in [0.05, 0.1) is 17.3 Å². The molecule has 0 aliphatic heterocycles. The van der Waals surface area contributed by atoms with Crippen LogP contribution in [-0.2, 0) is 15.8 Å². The van der Waals surface area contributed by atoms with Crippen LogP contribution in [0.3, 0.4) is 0 Å². The van der Waals surface area contributed by atoms with E-state index in [9.17, 15) is 27.2 Å². The average Bonchev–Trinajstić information content (AvgIpc) is 3.76. The van der Waals surface area contributed by atoms with Gasteiger partial charge in [-0.15, -0.1) is 0 Å². The number of aromatic nitrogens is 4. The summed E-state index contributed by atoms with van der Waals surface area (Å²) in [6.07, 6.45) is -3.12. The van der Waals surface area contributed by atoms with Gasteiger partial charge in [-0.25, -0.2) is 23.7 Å². The fourth-order valence-electron chi connectivity index (χ4n) is 5.41. The van der Waals surface area contributed by atoms with Gasteiger partial charge in [0.1, 0.15) is 22.5 Å². The Bertz CT molecular complexity index is 2020. The quantitative estimate of drug-likeness (QED) is 0.117. The van der Waals surface area contributed by atoms with Crippen LogP contribution in [0.2, 0.25) is 0 Å². The smallest absolute Gasteiger partial charge is 0.326 e. The number of carbonyl (C=O) groups is 2. The minimum atomic E-state index is -4.58. The van der Waals surface area contributed by atoms with E-state index in [1.54, 1.807) is 37.3 Å². The lowest BCUT2D eigenvalue weighted by Crippen LogP contribution is -2.35. The van der Waals surface area contributed by atoms with Crippen molar-refractivity contribution in [2.75, 3.05) is 16.0 Å². The van der Waals surface area contributed by atoms with Gasteiger partial charge in [0.15, 0.2) is 11.6 Å². The van der Waals surface area contributed by atoms with Crippen molar-refractivity contribution in [2.45, 2.75) is 45.8 Å². The Hall–Kier alpha value is -5.40. The van der Waals surface area contributed by atoms with Crippen molar-refractivity contribution in [1.29, 1.82) is 0 Å². The maximum atomic E-state index is 15.0. The van der Waals surface area contributed by atoms with Gasteiger partial charge in [-0.1, -0.05) is 6.07 Å². The Balaban J connectivity index is 1.15. The van der Waals surface area contributed by atoms with Crippen molar-refractivity contribution >= 4 is 45.9 Å². The number of nitrogens with one attached hydrogen (secondary N) is 3. The largest absolute Gasteiger partial charge is 0.416 e. The van der Waals surface area contributed by atoms with E-state index in [0.29, 0.717) is 22.7 Å². The van der Waals surface area contributed by atoms with Crippen molar-refractivity contribution in [3.63, 3.8) is 0 Å². The Morgan fingerprint density at radius 3 is 2.17 bits per heavy atom. The number of nitrogens with zero attached hydrogens (tertiary/aromatic N) is 4. The zero-order chi connectivity index (χ0) is 33.7. The van der Waals surface area contributed by atoms with E-state index >= 15 is 4.39 Å². The molecule has 2 heterocycles. The van der Waals surface area contributed by atoms with Crippen molar-refractivity contribution in [3.05, 3.63) is 89.9 Å². The highest BCUT2D eigenvalue weighted by atomic mass is 19.4. The third-order valence-corrected chi connectivity index (χ3v) is 7.92. The van der Waals surface area contributed by atoms with E-state index in [0.717, 1.165) is 18.3 Å². The molecule has 1 fully saturated rings. The minimum absolute atomic E-state index is 0.00805. The van der Waals surface area contributed by atoms with Crippen molar-refractivity contribution in [1.82, 2.24) is 19.5 Å². The number of alkyl halides is 3. The Labute approximate surface area is 265 Å². The lowest BCUT2D eigenvalue weighted by Gasteiger charge is -2.16. The molecule has 2 amide bonds. The third kappa shape index (κ3) is 6.22. The zero-order valence-corrected chi connectivity index (χ0v) is 25.3. The number of benzene rings is 3. The molecule has 47 heavy (non-hydrogen) atoms. The summed E-state index contributed by atoms with van der Waals surface area (Å²) in [5.41, 5.74) is -0.739. The molecule has 6 rings (SSSR count). The summed E-state index contributed by atoms with van der Waals surface area (Å²) in [5, 5.41) is 8.06. The second-order valence-corrected chi connectivity index (χ2v) is 11.6. The molecular formula is C33H28F5N7O2. The third-order valence-electron chi connectivity index (χ3n) is 7.92. The molecule has 1 aliphatic carbocycles. The Kier molecular flexibility index (Phi) is 7.90. The molecule has 0 atom stereocenters. The summed E-state index contributed by atoms with van der Waals surface area (Å²) in [4.78, 5) is 38.5. The van der Waals surface area contributed by atoms with Crippen LogP contribution >= 0.6 is 0 Å². The van der Waals surface area contributed by atoms with Crippen LogP contribution in [-0.4, -0.2) is 31.3 Å². The van der Waals surface area contributed by atoms with Crippen LogP contribution in [0.4, 0.5) is 45.0 Å². The second-order valence-electron chi connectivity index (χ2n) is 11.6. The molecule has 5 aromatic rings. The van der Waals surface area contributed by atoms with E-state index in [4.69, 9.17) is 0 Å². The average molecular weight is 650 g/mol. The summed E-state index contributed by atoms with van der Waals surface area (Å²) in [6.45, 7) is 5.65. The Morgan fingerprint density at radius 2 is 1.53 bits per heavy atom. The summed E-state index contributed by atoms with van der Waals surface area (Å²) in [5.74, 6) is -1.97. The van der Waals surface area contributed by atoms with Gasteiger partial charge in [-0.05, 0) is 88.2 Å². The number of anilines is 4. The standard InChI is InChI=1S/C33H28F5N7O2/c1-17(2)45-18(3)40-28-24(34)13-19(14-26(28)45)27-25(35)16-39-31(44-27)43-22-9-7-21(8-10-22)41-29(46)32(11-12-32)30(47)42-23-6-4-5-20(15-23)33(36,37)38/h4-10,13-17H,11-12H2,1-3H3,(H,41,46)(H,42,47)(H,39,43,44). The molecule has 9 nitrogen and oxygen atoms in total. The van der Waals surface area contributed by atoms with Gasteiger partial charge in [0, 0.05) is 28.7 Å². The molecule has 242 valence electrons. The summed E-state index contributed by atoms with van der Waals surface area (Å²) < 4.78 is 70.9.